The minimum atomic E-state index is -0.422. The lowest BCUT2D eigenvalue weighted by molar-refractivity contribution is -0.225. The zero-order valence-corrected chi connectivity index (χ0v) is 32.9. The zero-order valence-electron chi connectivity index (χ0n) is 30.4. The minimum absolute atomic E-state index is 0. The van der Waals surface area contributed by atoms with Crippen molar-refractivity contribution >= 4 is 61.1 Å². The van der Waals surface area contributed by atoms with Crippen LogP contribution in [-0.4, -0.2) is 68.4 Å². The molecule has 292 valence electrons. The Kier molecular flexibility index (Phi) is 19.4. The highest BCUT2D eigenvalue weighted by Crippen LogP contribution is 2.69. The van der Waals surface area contributed by atoms with Crippen molar-refractivity contribution < 1.29 is 38.1 Å². The van der Waals surface area contributed by atoms with Crippen molar-refractivity contribution in [1.82, 2.24) is 0 Å². The lowest BCUT2D eigenvalue weighted by atomic mass is 9.43. The molecule has 14 heteroatoms. The molecule has 0 radical (unpaired) electrons. The van der Waals surface area contributed by atoms with Gasteiger partial charge in [-0.3, -0.25) is 19.2 Å². The van der Waals surface area contributed by atoms with Gasteiger partial charge in [0.05, 0.1) is 26.2 Å². The smallest absolute Gasteiger partial charge is 0.319 e. The lowest BCUT2D eigenvalue weighted by Gasteiger charge is -2.64. The van der Waals surface area contributed by atoms with Crippen LogP contribution >= 0.6 is 37.2 Å². The first-order chi connectivity index (χ1) is 22.4. The quantitative estimate of drug-likeness (QED) is 0.112. The molecule has 0 bridgehead atoms. The van der Waals surface area contributed by atoms with Crippen LogP contribution in [0.4, 0.5) is 0 Å². The van der Waals surface area contributed by atoms with E-state index in [0.717, 1.165) is 51.4 Å². The summed E-state index contributed by atoms with van der Waals surface area (Å²) in [5.74, 6) is -0.553. The number of hydrogen-bond donors (Lipinski definition) is 3. The van der Waals surface area contributed by atoms with Crippen LogP contribution in [0.25, 0.3) is 0 Å². The summed E-state index contributed by atoms with van der Waals surface area (Å²) in [5, 5.41) is 0. The number of carbonyl (C=O) groups is 4. The van der Waals surface area contributed by atoms with E-state index in [1.165, 1.54) is 0 Å². The summed E-state index contributed by atoms with van der Waals surface area (Å²) in [6, 6.07) is 0. The third-order valence-electron chi connectivity index (χ3n) is 12.9. The van der Waals surface area contributed by atoms with E-state index >= 15 is 0 Å². The highest BCUT2D eigenvalue weighted by Gasteiger charge is 2.67. The number of ether oxygens (including phenoxy) is 4. The van der Waals surface area contributed by atoms with E-state index in [4.69, 9.17) is 36.1 Å². The Morgan fingerprint density at radius 2 is 1.40 bits per heavy atom. The number of rotatable bonds is 15. The molecule has 0 unspecified atom stereocenters. The van der Waals surface area contributed by atoms with Gasteiger partial charge < -0.3 is 36.1 Å². The number of fused-ring (bicyclic) bond motifs is 5. The number of hydrogen-bond acceptors (Lipinski definition) is 11. The molecule has 11 atom stereocenters. The largest absolute Gasteiger partial charge is 0.466 e. The highest BCUT2D eigenvalue weighted by molar-refractivity contribution is 5.86. The average molecular weight is 773 g/mol. The highest BCUT2D eigenvalue weighted by atomic mass is 35.5. The van der Waals surface area contributed by atoms with Crippen LogP contribution in [0.1, 0.15) is 111 Å². The second-order valence-corrected chi connectivity index (χ2v) is 15.3. The fourth-order valence-corrected chi connectivity index (χ4v) is 10.5. The van der Waals surface area contributed by atoms with Crippen molar-refractivity contribution in [3.8, 4) is 0 Å². The molecular weight excluding hydrogens is 709 g/mol. The fraction of sp³-hybridized carbons (Fsp3) is 0.889. The van der Waals surface area contributed by atoms with E-state index in [1.54, 1.807) is 0 Å². The molecule has 0 aromatic rings. The minimum Gasteiger partial charge on any atom is -0.466 e. The first-order valence-corrected chi connectivity index (χ1v) is 18.3. The van der Waals surface area contributed by atoms with Crippen molar-refractivity contribution in [2.24, 2.45) is 63.5 Å². The van der Waals surface area contributed by atoms with Crippen LogP contribution in [0.3, 0.4) is 0 Å². The van der Waals surface area contributed by atoms with Gasteiger partial charge in [-0.05, 0) is 92.8 Å². The third kappa shape index (κ3) is 10.2. The van der Waals surface area contributed by atoms with Crippen LogP contribution < -0.4 is 17.2 Å². The summed E-state index contributed by atoms with van der Waals surface area (Å²) in [5.41, 5.74) is 16.6. The van der Waals surface area contributed by atoms with Gasteiger partial charge >= 0.3 is 23.9 Å². The standard InChI is InChI=1S/C36H61N3O8.3ClH/c1-5-6-7-8-15-44-30(40)12-9-22(2)25-10-11-26-34-27(18-29(36(25,26)4)47-33(43)21-39)35(3)14-13-24(45-31(41)19-37)16-23(35)17-28(34)46-32(42)20-38;;;/h22-29,34H,5-21,37-39H2,1-4H3;3*1H/t22-,23+,24-,25-,26+,27+,28-,29+,34+,35+,36-;;;/m1.../s1. The topological polar surface area (TPSA) is 183 Å². The van der Waals surface area contributed by atoms with Gasteiger partial charge in [0.1, 0.15) is 18.3 Å². The molecule has 0 heterocycles. The van der Waals surface area contributed by atoms with Crippen LogP contribution in [0, 0.1) is 46.3 Å². The summed E-state index contributed by atoms with van der Waals surface area (Å²) in [4.78, 5) is 50.3. The molecule has 0 aromatic carbocycles. The van der Waals surface area contributed by atoms with Gasteiger partial charge in [0.15, 0.2) is 0 Å². The summed E-state index contributed by atoms with van der Waals surface area (Å²) >= 11 is 0. The molecule has 6 N–H and O–H groups in total. The van der Waals surface area contributed by atoms with E-state index in [0.29, 0.717) is 38.7 Å². The molecular formula is C36H64Cl3N3O8. The molecule has 11 nitrogen and oxygen atoms in total. The van der Waals surface area contributed by atoms with Gasteiger partial charge in [0.25, 0.3) is 0 Å². The van der Waals surface area contributed by atoms with Crippen molar-refractivity contribution in [3.63, 3.8) is 0 Å². The molecule has 0 spiro atoms. The van der Waals surface area contributed by atoms with Gasteiger partial charge in [-0.15, -0.1) is 37.2 Å². The van der Waals surface area contributed by atoms with Crippen molar-refractivity contribution in [3.05, 3.63) is 0 Å². The molecule has 4 aliphatic rings. The molecule has 0 saturated heterocycles. The van der Waals surface area contributed by atoms with Gasteiger partial charge in [0, 0.05) is 17.8 Å². The number of carbonyl (C=O) groups excluding carboxylic acids is 4. The Morgan fingerprint density at radius 1 is 0.760 bits per heavy atom. The van der Waals surface area contributed by atoms with Crippen LogP contribution in [0.2, 0.25) is 0 Å². The molecule has 4 fully saturated rings. The van der Waals surface area contributed by atoms with Crippen LogP contribution in [-0.2, 0) is 38.1 Å². The zero-order chi connectivity index (χ0) is 34.4. The van der Waals surface area contributed by atoms with E-state index < -0.39 is 17.9 Å². The molecule has 50 heavy (non-hydrogen) atoms. The maximum atomic E-state index is 12.9. The molecule has 4 saturated carbocycles. The third-order valence-corrected chi connectivity index (χ3v) is 12.9. The van der Waals surface area contributed by atoms with E-state index in [-0.39, 0.29) is 127 Å². The fourth-order valence-electron chi connectivity index (χ4n) is 10.5. The van der Waals surface area contributed by atoms with Gasteiger partial charge in [-0.1, -0.05) is 47.0 Å². The van der Waals surface area contributed by atoms with Crippen molar-refractivity contribution in [2.75, 3.05) is 26.2 Å². The summed E-state index contributed by atoms with van der Waals surface area (Å²) in [6.45, 7) is 8.86. The summed E-state index contributed by atoms with van der Waals surface area (Å²) in [7, 11) is 0. The number of nitrogens with two attached hydrogens (primary N) is 3. The number of halogens is 3. The molecule has 4 aliphatic carbocycles. The predicted octanol–water partition coefficient (Wildman–Crippen LogP) is 5.28. The molecule has 0 amide bonds. The maximum absolute atomic E-state index is 12.9. The molecule has 0 aromatic heterocycles. The van der Waals surface area contributed by atoms with Gasteiger partial charge in [-0.25, -0.2) is 0 Å². The lowest BCUT2D eigenvalue weighted by Crippen LogP contribution is -2.63. The monoisotopic (exact) mass is 771 g/mol. The Morgan fingerprint density at radius 3 is 2.04 bits per heavy atom. The summed E-state index contributed by atoms with van der Waals surface area (Å²) in [6.07, 6.45) is 9.78. The predicted molar refractivity (Wildman–Crippen MR) is 198 cm³/mol. The Labute approximate surface area is 317 Å². The number of unbranched alkanes of at least 4 members (excludes halogenated alkanes) is 3. The summed E-state index contributed by atoms with van der Waals surface area (Å²) < 4.78 is 23.7. The molecule has 4 rings (SSSR count). The Hall–Kier alpha value is -1.37. The molecule has 0 aliphatic heterocycles. The Bertz CT molecular complexity index is 1120. The second kappa shape index (κ2) is 20.8. The van der Waals surface area contributed by atoms with E-state index in [9.17, 15) is 19.2 Å². The average Bonchev–Trinajstić information content (AvgIpc) is 3.42. The van der Waals surface area contributed by atoms with Gasteiger partial charge in [0.2, 0.25) is 0 Å². The van der Waals surface area contributed by atoms with E-state index in [1.807, 2.05) is 0 Å². The second-order valence-electron chi connectivity index (χ2n) is 15.3. The first kappa shape index (κ1) is 46.7. The van der Waals surface area contributed by atoms with Crippen molar-refractivity contribution in [2.45, 2.75) is 129 Å². The normalized spacial score (nSPS) is 34.5. The Balaban J connectivity index is 0.00000417. The maximum Gasteiger partial charge on any atom is 0.319 e. The SMILES string of the molecule is CCCCCCOC(=O)CC[C@@H](C)[C@H]1CC[C@H]2[C@@H]3[C@H](OC(=O)CN)C[C@@H]4C[C@H](OC(=O)CN)CC[C@]4(C)[C@H]3C[C@H](OC(=O)CN)[C@]12C.Cl.Cl.Cl. The van der Waals surface area contributed by atoms with Crippen molar-refractivity contribution in [1.29, 1.82) is 0 Å². The van der Waals surface area contributed by atoms with Gasteiger partial charge in [-0.2, -0.15) is 0 Å². The van der Waals surface area contributed by atoms with E-state index in [2.05, 4.69) is 27.7 Å². The number of esters is 4. The first-order valence-electron chi connectivity index (χ1n) is 18.3. The van der Waals surface area contributed by atoms with Crippen LogP contribution in [0.5, 0.6) is 0 Å². The van der Waals surface area contributed by atoms with Crippen LogP contribution in [0.15, 0.2) is 0 Å².